The van der Waals surface area contributed by atoms with Gasteiger partial charge in [0.2, 0.25) is 5.95 Å². The van der Waals surface area contributed by atoms with Crippen molar-refractivity contribution in [1.29, 1.82) is 0 Å². The number of hydrogen-bond donors (Lipinski definition) is 1. The van der Waals surface area contributed by atoms with Crippen LogP contribution in [0.5, 0.6) is 0 Å². The van der Waals surface area contributed by atoms with E-state index in [-0.39, 0.29) is 11.7 Å². The molecule has 1 aromatic carbocycles. The van der Waals surface area contributed by atoms with Crippen molar-refractivity contribution < 1.29 is 9.18 Å². The van der Waals surface area contributed by atoms with Crippen LogP contribution in [0.3, 0.4) is 0 Å². The van der Waals surface area contributed by atoms with Crippen molar-refractivity contribution in [3.05, 3.63) is 59.0 Å². The normalized spacial score (nSPS) is 10.2. The Labute approximate surface area is 105 Å². The number of aryl methyl sites for hydroxylation is 2. The molecule has 2 rings (SSSR count). The van der Waals surface area contributed by atoms with E-state index < -0.39 is 5.95 Å². The SMILES string of the molecule is Cc1ccc(C)c(C(=O)Nc2cccc(F)n2)c1. The van der Waals surface area contributed by atoms with Gasteiger partial charge in [-0.1, -0.05) is 23.8 Å². The molecule has 0 aliphatic rings. The zero-order valence-electron chi connectivity index (χ0n) is 10.2. The zero-order chi connectivity index (χ0) is 13.1. The van der Waals surface area contributed by atoms with Gasteiger partial charge in [0.05, 0.1) is 0 Å². The standard InChI is InChI=1S/C14H13FN2O/c1-9-6-7-10(2)11(8-9)14(18)17-13-5-3-4-12(15)16-13/h3-8H,1-2H3,(H,16,17,18). The fourth-order valence-corrected chi connectivity index (χ4v) is 1.64. The molecule has 1 heterocycles. The number of anilines is 1. The molecule has 3 nitrogen and oxygen atoms in total. The van der Waals surface area contributed by atoms with Crippen molar-refractivity contribution in [2.24, 2.45) is 0 Å². The van der Waals surface area contributed by atoms with Gasteiger partial charge in [0.1, 0.15) is 5.82 Å². The molecule has 0 saturated carbocycles. The van der Waals surface area contributed by atoms with Crippen LogP contribution < -0.4 is 5.32 Å². The summed E-state index contributed by atoms with van der Waals surface area (Å²) in [6.45, 7) is 3.77. The van der Waals surface area contributed by atoms with Crippen LogP contribution in [0.4, 0.5) is 10.2 Å². The first kappa shape index (κ1) is 12.2. The first-order chi connectivity index (χ1) is 8.56. The number of carbonyl (C=O) groups excluding carboxylic acids is 1. The van der Waals surface area contributed by atoms with Gasteiger partial charge in [-0.05, 0) is 37.6 Å². The first-order valence-corrected chi connectivity index (χ1v) is 5.57. The molecular weight excluding hydrogens is 231 g/mol. The largest absolute Gasteiger partial charge is 0.306 e. The van der Waals surface area contributed by atoms with Crippen LogP contribution in [0.2, 0.25) is 0 Å². The Kier molecular flexibility index (Phi) is 3.37. The molecule has 2 aromatic rings. The Morgan fingerprint density at radius 3 is 2.72 bits per heavy atom. The molecule has 0 saturated heterocycles. The molecule has 0 radical (unpaired) electrons. The van der Waals surface area contributed by atoms with E-state index in [1.54, 1.807) is 12.1 Å². The van der Waals surface area contributed by atoms with E-state index in [2.05, 4.69) is 10.3 Å². The lowest BCUT2D eigenvalue weighted by atomic mass is 10.1. The van der Waals surface area contributed by atoms with Gasteiger partial charge in [-0.3, -0.25) is 4.79 Å². The number of nitrogens with zero attached hydrogens (tertiary/aromatic N) is 1. The van der Waals surface area contributed by atoms with Gasteiger partial charge in [-0.15, -0.1) is 0 Å². The Hall–Kier alpha value is -2.23. The summed E-state index contributed by atoms with van der Waals surface area (Å²) in [5.41, 5.74) is 2.44. The fourth-order valence-electron chi connectivity index (χ4n) is 1.64. The maximum Gasteiger partial charge on any atom is 0.257 e. The summed E-state index contributed by atoms with van der Waals surface area (Å²) >= 11 is 0. The van der Waals surface area contributed by atoms with E-state index in [0.29, 0.717) is 5.56 Å². The van der Waals surface area contributed by atoms with E-state index >= 15 is 0 Å². The minimum absolute atomic E-state index is 0.209. The van der Waals surface area contributed by atoms with E-state index in [1.165, 1.54) is 12.1 Å². The molecule has 0 aliphatic carbocycles. The number of hydrogen-bond acceptors (Lipinski definition) is 2. The first-order valence-electron chi connectivity index (χ1n) is 5.57. The number of carbonyl (C=O) groups is 1. The van der Waals surface area contributed by atoms with Gasteiger partial charge in [0.15, 0.2) is 0 Å². The summed E-state index contributed by atoms with van der Waals surface area (Å²) in [4.78, 5) is 15.6. The second-order valence-electron chi connectivity index (χ2n) is 4.12. The molecule has 1 amide bonds. The average molecular weight is 244 g/mol. The van der Waals surface area contributed by atoms with E-state index in [1.807, 2.05) is 26.0 Å². The molecular formula is C14H13FN2O. The van der Waals surface area contributed by atoms with Crippen molar-refractivity contribution >= 4 is 11.7 Å². The molecule has 0 spiro atoms. The molecule has 4 heteroatoms. The van der Waals surface area contributed by atoms with Crippen molar-refractivity contribution in [2.45, 2.75) is 13.8 Å². The highest BCUT2D eigenvalue weighted by Crippen LogP contribution is 2.13. The van der Waals surface area contributed by atoms with Crippen LogP contribution in [0.1, 0.15) is 21.5 Å². The number of amides is 1. The lowest BCUT2D eigenvalue weighted by Gasteiger charge is -2.07. The maximum atomic E-state index is 12.9. The predicted octanol–water partition coefficient (Wildman–Crippen LogP) is 3.09. The molecule has 18 heavy (non-hydrogen) atoms. The van der Waals surface area contributed by atoms with Crippen LogP contribution in [0, 0.1) is 19.8 Å². The van der Waals surface area contributed by atoms with Gasteiger partial charge in [-0.2, -0.15) is 4.39 Å². The van der Waals surface area contributed by atoms with Gasteiger partial charge >= 0.3 is 0 Å². The highest BCUT2D eigenvalue weighted by Gasteiger charge is 2.10. The average Bonchev–Trinajstić information content (AvgIpc) is 2.32. The summed E-state index contributed by atoms with van der Waals surface area (Å²) in [6.07, 6.45) is 0. The number of aromatic nitrogens is 1. The van der Waals surface area contributed by atoms with Crippen molar-refractivity contribution in [3.8, 4) is 0 Å². The monoisotopic (exact) mass is 244 g/mol. The van der Waals surface area contributed by atoms with Crippen LogP contribution >= 0.6 is 0 Å². The van der Waals surface area contributed by atoms with Crippen LogP contribution in [-0.4, -0.2) is 10.9 Å². The second kappa shape index (κ2) is 4.96. The van der Waals surface area contributed by atoms with E-state index in [9.17, 15) is 9.18 Å². The van der Waals surface area contributed by atoms with Gasteiger partial charge in [-0.25, -0.2) is 4.98 Å². The van der Waals surface area contributed by atoms with Crippen LogP contribution in [0.15, 0.2) is 36.4 Å². The second-order valence-corrected chi connectivity index (χ2v) is 4.12. The van der Waals surface area contributed by atoms with Crippen LogP contribution in [-0.2, 0) is 0 Å². The maximum absolute atomic E-state index is 12.9. The minimum Gasteiger partial charge on any atom is -0.306 e. The number of halogens is 1. The lowest BCUT2D eigenvalue weighted by molar-refractivity contribution is 0.102. The minimum atomic E-state index is -0.617. The summed E-state index contributed by atoms with van der Waals surface area (Å²) in [5, 5.41) is 2.58. The fraction of sp³-hybridized carbons (Fsp3) is 0.143. The number of nitrogens with one attached hydrogen (secondary N) is 1. The summed E-state index contributed by atoms with van der Waals surface area (Å²) < 4.78 is 12.9. The Morgan fingerprint density at radius 2 is 2.00 bits per heavy atom. The number of pyridine rings is 1. The lowest BCUT2D eigenvalue weighted by Crippen LogP contribution is -2.14. The van der Waals surface area contributed by atoms with Crippen LogP contribution in [0.25, 0.3) is 0 Å². The quantitative estimate of drug-likeness (QED) is 0.825. The zero-order valence-corrected chi connectivity index (χ0v) is 10.2. The molecule has 0 bridgehead atoms. The molecule has 0 atom stereocenters. The third kappa shape index (κ3) is 2.71. The van der Waals surface area contributed by atoms with E-state index in [4.69, 9.17) is 0 Å². The van der Waals surface area contributed by atoms with Crippen molar-refractivity contribution in [1.82, 2.24) is 4.98 Å². The summed E-state index contributed by atoms with van der Waals surface area (Å²) in [6, 6.07) is 9.89. The highest BCUT2D eigenvalue weighted by atomic mass is 19.1. The molecule has 92 valence electrons. The van der Waals surface area contributed by atoms with E-state index in [0.717, 1.165) is 11.1 Å². The highest BCUT2D eigenvalue weighted by molar-refractivity contribution is 6.04. The van der Waals surface area contributed by atoms with Crippen molar-refractivity contribution in [3.63, 3.8) is 0 Å². The van der Waals surface area contributed by atoms with Crippen molar-refractivity contribution in [2.75, 3.05) is 5.32 Å². The van der Waals surface area contributed by atoms with Gasteiger partial charge in [0, 0.05) is 5.56 Å². The molecule has 0 aliphatic heterocycles. The number of benzene rings is 1. The molecule has 0 unspecified atom stereocenters. The molecule has 1 aromatic heterocycles. The third-order valence-electron chi connectivity index (χ3n) is 2.59. The Balaban J connectivity index is 2.24. The Morgan fingerprint density at radius 1 is 1.22 bits per heavy atom. The topological polar surface area (TPSA) is 42.0 Å². The predicted molar refractivity (Wildman–Crippen MR) is 68.1 cm³/mol. The third-order valence-corrected chi connectivity index (χ3v) is 2.59. The summed E-state index contributed by atoms with van der Waals surface area (Å²) in [5.74, 6) is -0.691. The molecule has 0 fully saturated rings. The number of rotatable bonds is 2. The smallest absolute Gasteiger partial charge is 0.257 e. The molecule has 1 N–H and O–H groups in total. The summed E-state index contributed by atoms with van der Waals surface area (Å²) in [7, 11) is 0. The Bertz CT molecular complexity index is 596. The van der Waals surface area contributed by atoms with Gasteiger partial charge in [0.25, 0.3) is 5.91 Å². The van der Waals surface area contributed by atoms with Gasteiger partial charge < -0.3 is 5.32 Å².